The molecule has 0 unspecified atom stereocenters. The molecule has 0 bridgehead atoms. The van der Waals surface area contributed by atoms with E-state index >= 15 is 0 Å². The Kier molecular flexibility index (Phi) is 4.34. The Bertz CT molecular complexity index is 607. The van der Waals surface area contributed by atoms with Gasteiger partial charge in [0.15, 0.2) is 0 Å². The molecule has 1 saturated carbocycles. The quantitative estimate of drug-likeness (QED) is 0.789. The van der Waals surface area contributed by atoms with Gasteiger partial charge in [0.2, 0.25) is 5.91 Å². The standard InChI is InChI=1S/C17H18FNOS/c18-16-6-2-1-4-13(16)7-10-17(20)19(14-8-9-14)12-15-5-3-11-21-15/h1-6,11,14H,7-10,12H2. The number of carbonyl (C=O) groups is 1. The lowest BCUT2D eigenvalue weighted by molar-refractivity contribution is -0.132. The Morgan fingerprint density at radius 1 is 1.24 bits per heavy atom. The fraction of sp³-hybridized carbons (Fsp3) is 0.353. The molecule has 0 N–H and O–H groups in total. The molecule has 0 radical (unpaired) electrons. The van der Waals surface area contributed by atoms with Gasteiger partial charge in [-0.1, -0.05) is 24.3 Å². The van der Waals surface area contributed by atoms with E-state index in [2.05, 4.69) is 6.07 Å². The summed E-state index contributed by atoms with van der Waals surface area (Å²) in [6.07, 6.45) is 3.04. The minimum absolute atomic E-state index is 0.133. The smallest absolute Gasteiger partial charge is 0.223 e. The number of amides is 1. The first kappa shape index (κ1) is 14.3. The van der Waals surface area contributed by atoms with Crippen molar-refractivity contribution in [1.29, 1.82) is 0 Å². The minimum Gasteiger partial charge on any atom is -0.335 e. The zero-order chi connectivity index (χ0) is 14.7. The molecule has 3 rings (SSSR count). The highest BCUT2D eigenvalue weighted by Crippen LogP contribution is 2.30. The van der Waals surface area contributed by atoms with Gasteiger partial charge in [0.1, 0.15) is 5.82 Å². The van der Waals surface area contributed by atoms with Crippen molar-refractivity contribution in [3.05, 3.63) is 58.0 Å². The lowest BCUT2D eigenvalue weighted by Gasteiger charge is -2.22. The summed E-state index contributed by atoms with van der Waals surface area (Å²) in [7, 11) is 0. The number of benzene rings is 1. The van der Waals surface area contributed by atoms with E-state index in [1.54, 1.807) is 23.5 Å². The van der Waals surface area contributed by atoms with Crippen LogP contribution in [0.15, 0.2) is 41.8 Å². The molecule has 1 aliphatic rings. The minimum atomic E-state index is -0.221. The lowest BCUT2D eigenvalue weighted by Crippen LogP contribution is -2.32. The molecule has 1 aromatic carbocycles. The van der Waals surface area contributed by atoms with Crippen LogP contribution < -0.4 is 0 Å². The maximum Gasteiger partial charge on any atom is 0.223 e. The summed E-state index contributed by atoms with van der Waals surface area (Å²) in [5.41, 5.74) is 0.623. The molecule has 1 amide bonds. The maximum atomic E-state index is 13.6. The zero-order valence-corrected chi connectivity index (χ0v) is 12.6. The van der Waals surface area contributed by atoms with Crippen LogP contribution in [0.3, 0.4) is 0 Å². The predicted octanol–water partition coefficient (Wildman–Crippen LogP) is 4.01. The topological polar surface area (TPSA) is 20.3 Å². The number of rotatable bonds is 6. The molecule has 0 saturated heterocycles. The number of nitrogens with zero attached hydrogens (tertiary/aromatic N) is 1. The van der Waals surface area contributed by atoms with Crippen LogP contribution in [0.2, 0.25) is 0 Å². The number of halogens is 1. The SMILES string of the molecule is O=C(CCc1ccccc1F)N(Cc1cccs1)C1CC1. The highest BCUT2D eigenvalue weighted by atomic mass is 32.1. The molecule has 110 valence electrons. The Balaban J connectivity index is 1.61. The second-order valence-electron chi connectivity index (χ2n) is 5.42. The molecular weight excluding hydrogens is 285 g/mol. The molecule has 1 aliphatic carbocycles. The van der Waals surface area contributed by atoms with Crippen molar-refractivity contribution < 1.29 is 9.18 Å². The third-order valence-electron chi connectivity index (χ3n) is 3.78. The van der Waals surface area contributed by atoms with Crippen LogP contribution in [0, 0.1) is 5.82 Å². The fourth-order valence-electron chi connectivity index (χ4n) is 2.46. The highest BCUT2D eigenvalue weighted by Gasteiger charge is 2.32. The lowest BCUT2D eigenvalue weighted by atomic mass is 10.1. The van der Waals surface area contributed by atoms with Gasteiger partial charge in [-0.3, -0.25) is 4.79 Å². The largest absolute Gasteiger partial charge is 0.335 e. The van der Waals surface area contributed by atoms with Crippen molar-refractivity contribution in [2.75, 3.05) is 0 Å². The molecule has 1 aromatic heterocycles. The Morgan fingerprint density at radius 2 is 2.05 bits per heavy atom. The van der Waals surface area contributed by atoms with E-state index in [0.29, 0.717) is 31.0 Å². The van der Waals surface area contributed by atoms with Gasteiger partial charge in [-0.2, -0.15) is 0 Å². The first-order valence-electron chi connectivity index (χ1n) is 7.29. The molecule has 2 nitrogen and oxygen atoms in total. The zero-order valence-electron chi connectivity index (χ0n) is 11.8. The average Bonchev–Trinajstić information content (AvgIpc) is 3.20. The van der Waals surface area contributed by atoms with Gasteiger partial charge >= 0.3 is 0 Å². The third kappa shape index (κ3) is 3.70. The van der Waals surface area contributed by atoms with Crippen molar-refractivity contribution in [2.45, 2.75) is 38.3 Å². The van der Waals surface area contributed by atoms with Crippen molar-refractivity contribution in [3.63, 3.8) is 0 Å². The summed E-state index contributed by atoms with van der Waals surface area (Å²) >= 11 is 1.68. The molecule has 1 fully saturated rings. The molecule has 1 heterocycles. The van der Waals surface area contributed by atoms with Crippen LogP contribution in [0.25, 0.3) is 0 Å². The van der Waals surface area contributed by atoms with E-state index in [0.717, 1.165) is 12.8 Å². The fourth-order valence-corrected chi connectivity index (χ4v) is 3.17. The first-order chi connectivity index (χ1) is 10.2. The second-order valence-corrected chi connectivity index (χ2v) is 6.46. The number of carbonyl (C=O) groups excluding carboxylic acids is 1. The third-order valence-corrected chi connectivity index (χ3v) is 4.64. The second kappa shape index (κ2) is 6.39. The average molecular weight is 303 g/mol. The molecule has 0 spiro atoms. The van der Waals surface area contributed by atoms with Gasteiger partial charge in [-0.05, 0) is 42.3 Å². The van der Waals surface area contributed by atoms with Gasteiger partial charge in [0.25, 0.3) is 0 Å². The van der Waals surface area contributed by atoms with Crippen LogP contribution in [0.5, 0.6) is 0 Å². The number of aryl methyl sites for hydroxylation is 1. The summed E-state index contributed by atoms with van der Waals surface area (Å²) in [5.74, 6) is -0.0873. The molecule has 2 aromatic rings. The van der Waals surface area contributed by atoms with E-state index < -0.39 is 0 Å². The van der Waals surface area contributed by atoms with E-state index in [4.69, 9.17) is 0 Å². The maximum absolute atomic E-state index is 13.6. The summed E-state index contributed by atoms with van der Waals surface area (Å²) in [6.45, 7) is 0.693. The van der Waals surface area contributed by atoms with E-state index in [-0.39, 0.29) is 11.7 Å². The number of hydrogen-bond acceptors (Lipinski definition) is 2. The molecule has 4 heteroatoms. The van der Waals surface area contributed by atoms with Crippen molar-refractivity contribution >= 4 is 17.2 Å². The first-order valence-corrected chi connectivity index (χ1v) is 8.17. The van der Waals surface area contributed by atoms with Gasteiger partial charge in [-0.15, -0.1) is 11.3 Å². The Morgan fingerprint density at radius 3 is 2.71 bits per heavy atom. The molecule has 0 atom stereocenters. The number of hydrogen-bond donors (Lipinski definition) is 0. The van der Waals surface area contributed by atoms with Crippen LogP contribution in [0.4, 0.5) is 4.39 Å². The molecular formula is C17H18FNOS. The van der Waals surface area contributed by atoms with Crippen LogP contribution in [0.1, 0.15) is 29.7 Å². The summed E-state index contributed by atoms with van der Waals surface area (Å²) in [6, 6.07) is 11.1. The Hall–Kier alpha value is -1.68. The highest BCUT2D eigenvalue weighted by molar-refractivity contribution is 7.09. The van der Waals surface area contributed by atoms with Crippen LogP contribution >= 0.6 is 11.3 Å². The number of thiophene rings is 1. The van der Waals surface area contributed by atoms with Crippen molar-refractivity contribution in [1.82, 2.24) is 4.90 Å². The normalized spacial score (nSPS) is 14.1. The summed E-state index contributed by atoms with van der Waals surface area (Å²) in [5, 5.41) is 2.03. The van der Waals surface area contributed by atoms with E-state index in [9.17, 15) is 9.18 Å². The summed E-state index contributed by atoms with van der Waals surface area (Å²) in [4.78, 5) is 15.6. The van der Waals surface area contributed by atoms with Gasteiger partial charge in [-0.25, -0.2) is 4.39 Å². The van der Waals surface area contributed by atoms with Crippen LogP contribution in [-0.2, 0) is 17.8 Å². The summed E-state index contributed by atoms with van der Waals surface area (Å²) < 4.78 is 13.6. The predicted molar refractivity (Wildman–Crippen MR) is 82.6 cm³/mol. The Labute approximate surface area is 128 Å². The van der Waals surface area contributed by atoms with Gasteiger partial charge in [0, 0.05) is 17.3 Å². The van der Waals surface area contributed by atoms with E-state index in [1.165, 1.54) is 10.9 Å². The molecule has 21 heavy (non-hydrogen) atoms. The van der Waals surface area contributed by atoms with Gasteiger partial charge in [0.05, 0.1) is 6.54 Å². The van der Waals surface area contributed by atoms with E-state index in [1.807, 2.05) is 22.4 Å². The monoisotopic (exact) mass is 303 g/mol. The molecule has 0 aliphatic heterocycles. The van der Waals surface area contributed by atoms with Crippen molar-refractivity contribution in [2.24, 2.45) is 0 Å². The van der Waals surface area contributed by atoms with Crippen LogP contribution in [-0.4, -0.2) is 16.8 Å². The van der Waals surface area contributed by atoms with Crippen molar-refractivity contribution in [3.8, 4) is 0 Å². The van der Waals surface area contributed by atoms with Gasteiger partial charge < -0.3 is 4.90 Å².